The Morgan fingerprint density at radius 3 is 1.78 bits per heavy atom. The van der Waals surface area contributed by atoms with Crippen molar-refractivity contribution in [2.75, 3.05) is 0 Å². The summed E-state index contributed by atoms with van der Waals surface area (Å²) in [7, 11) is 0. The quantitative estimate of drug-likeness (QED) is 0.381. The summed E-state index contributed by atoms with van der Waals surface area (Å²) in [4.78, 5) is 29.3. The molecule has 2 atom stereocenters. The van der Waals surface area contributed by atoms with Gasteiger partial charge in [-0.05, 0) is 36.1 Å². The molecule has 1 aliphatic carbocycles. The predicted octanol–water partition coefficient (Wildman–Crippen LogP) is 1.47. The zero-order chi connectivity index (χ0) is 17.5. The van der Waals surface area contributed by atoms with Gasteiger partial charge >= 0.3 is 5.79 Å². The van der Waals surface area contributed by atoms with E-state index in [0.29, 0.717) is 5.56 Å². The van der Waals surface area contributed by atoms with Crippen molar-refractivity contribution < 1.29 is 19.9 Å². The minimum atomic E-state index is -3.65. The van der Waals surface area contributed by atoms with Gasteiger partial charge in [0.15, 0.2) is 14.8 Å². The summed E-state index contributed by atoms with van der Waals surface area (Å²) in [6, 6.07) is 2.93. The van der Waals surface area contributed by atoms with Crippen molar-refractivity contribution in [3.63, 3.8) is 0 Å². The summed E-state index contributed by atoms with van der Waals surface area (Å²) < 4.78 is 0. The summed E-state index contributed by atoms with van der Waals surface area (Å²) in [5, 5.41) is 43.8. The lowest BCUT2D eigenvalue weighted by molar-refractivity contribution is -0.972. The van der Waals surface area contributed by atoms with E-state index in [1.54, 1.807) is 13.8 Å². The number of rotatable bonds is 4. The Morgan fingerprint density at radius 2 is 1.35 bits per heavy atom. The molecule has 0 bridgehead atoms. The van der Waals surface area contributed by atoms with E-state index in [-0.39, 0.29) is 11.1 Å². The van der Waals surface area contributed by atoms with Gasteiger partial charge in [-0.15, -0.1) is 0 Å². The maximum atomic E-state index is 11.3. The van der Waals surface area contributed by atoms with E-state index >= 15 is 0 Å². The standard InChI is InChI=1S/C13H13N3O7/c1-7-5-9-10(6-8(7)2)12(17)4-3-11(9)13(14(18)19,15(20)21)16(22)23/h3-6,11-12,17H,1-2H3/t11-,12-/m0/s1. The summed E-state index contributed by atoms with van der Waals surface area (Å²) in [6.07, 6.45) is 0.909. The number of fused-ring (bicyclic) bond motifs is 1. The van der Waals surface area contributed by atoms with Gasteiger partial charge in [0.1, 0.15) is 0 Å². The van der Waals surface area contributed by atoms with E-state index in [4.69, 9.17) is 0 Å². The van der Waals surface area contributed by atoms with Crippen LogP contribution in [0.4, 0.5) is 0 Å². The molecule has 1 aromatic rings. The molecule has 0 unspecified atom stereocenters. The van der Waals surface area contributed by atoms with E-state index in [2.05, 4.69) is 0 Å². The van der Waals surface area contributed by atoms with Crippen molar-refractivity contribution in [2.45, 2.75) is 31.7 Å². The van der Waals surface area contributed by atoms with Gasteiger partial charge in [-0.25, -0.2) is 0 Å². The van der Waals surface area contributed by atoms with Gasteiger partial charge in [0, 0.05) is 0 Å². The molecule has 0 heterocycles. The highest BCUT2D eigenvalue weighted by atomic mass is 16.7. The first-order chi connectivity index (χ1) is 10.6. The second kappa shape index (κ2) is 5.39. The average Bonchev–Trinajstić information content (AvgIpc) is 2.43. The number of hydrogen-bond acceptors (Lipinski definition) is 7. The van der Waals surface area contributed by atoms with Gasteiger partial charge in [-0.3, -0.25) is 30.3 Å². The van der Waals surface area contributed by atoms with Crippen LogP contribution in [0.25, 0.3) is 0 Å². The molecule has 0 spiro atoms. The van der Waals surface area contributed by atoms with Gasteiger partial charge in [-0.2, -0.15) is 0 Å². The fourth-order valence-corrected chi connectivity index (χ4v) is 2.69. The molecule has 1 aromatic carbocycles. The molecule has 2 rings (SSSR count). The van der Waals surface area contributed by atoms with E-state index in [0.717, 1.165) is 17.7 Å². The smallest absolute Gasteiger partial charge is 0.384 e. The highest BCUT2D eigenvalue weighted by molar-refractivity contribution is 5.46. The van der Waals surface area contributed by atoms with Gasteiger partial charge in [-0.1, -0.05) is 24.3 Å². The highest BCUT2D eigenvalue weighted by Gasteiger charge is 2.76. The lowest BCUT2D eigenvalue weighted by Crippen LogP contribution is -2.57. The molecule has 23 heavy (non-hydrogen) atoms. The van der Waals surface area contributed by atoms with Crippen LogP contribution in [0.5, 0.6) is 0 Å². The third-order valence-corrected chi connectivity index (χ3v) is 4.06. The van der Waals surface area contributed by atoms with Crippen molar-refractivity contribution in [1.29, 1.82) is 0 Å². The van der Waals surface area contributed by atoms with E-state index < -0.39 is 32.6 Å². The fraction of sp³-hybridized carbons (Fsp3) is 0.385. The Labute approximate surface area is 129 Å². The second-order valence-corrected chi connectivity index (χ2v) is 5.33. The number of nitrogens with zero attached hydrogens (tertiary/aromatic N) is 3. The van der Waals surface area contributed by atoms with E-state index in [1.807, 2.05) is 0 Å². The Bertz CT molecular complexity index is 707. The molecule has 0 radical (unpaired) electrons. The van der Waals surface area contributed by atoms with Gasteiger partial charge in [0.05, 0.1) is 6.10 Å². The lowest BCUT2D eigenvalue weighted by Gasteiger charge is -2.25. The molecular formula is C13H13N3O7. The number of aryl methyl sites for hydroxylation is 2. The van der Waals surface area contributed by atoms with Crippen molar-refractivity contribution >= 4 is 0 Å². The molecule has 1 aliphatic rings. The fourth-order valence-electron chi connectivity index (χ4n) is 2.69. The third-order valence-electron chi connectivity index (χ3n) is 4.06. The zero-order valence-electron chi connectivity index (χ0n) is 12.2. The summed E-state index contributed by atoms with van der Waals surface area (Å²) in [5.41, 5.74) is 1.61. The molecule has 0 saturated heterocycles. The molecule has 10 heteroatoms. The number of nitro groups is 3. The van der Waals surface area contributed by atoms with Crippen LogP contribution in [0, 0.1) is 44.2 Å². The van der Waals surface area contributed by atoms with Crippen LogP contribution in [-0.2, 0) is 0 Å². The van der Waals surface area contributed by atoms with Crippen LogP contribution in [0.1, 0.15) is 34.3 Å². The molecule has 10 nitrogen and oxygen atoms in total. The normalized spacial score (nSPS) is 20.0. The largest absolute Gasteiger partial charge is 0.710 e. The monoisotopic (exact) mass is 323 g/mol. The molecule has 122 valence electrons. The minimum Gasteiger partial charge on any atom is -0.384 e. The minimum absolute atomic E-state index is 0.00759. The number of aliphatic hydroxyl groups is 1. The molecular weight excluding hydrogens is 310 g/mol. The van der Waals surface area contributed by atoms with Crippen LogP contribution in [0.3, 0.4) is 0 Å². The maximum absolute atomic E-state index is 11.3. The zero-order valence-corrected chi connectivity index (χ0v) is 12.2. The number of benzene rings is 1. The SMILES string of the molecule is Cc1cc2c(cc1C)[C@@H](C([N+](=O)[O-])([N+](=O)[O-])[N+](=O)[O-])C=C[C@@H]2O. The summed E-state index contributed by atoms with van der Waals surface area (Å²) >= 11 is 0. The number of hydrogen-bond donors (Lipinski definition) is 1. The first-order valence-corrected chi connectivity index (χ1v) is 6.55. The molecule has 0 fully saturated rings. The predicted molar refractivity (Wildman–Crippen MR) is 76.5 cm³/mol. The molecule has 0 amide bonds. The van der Waals surface area contributed by atoms with Crippen LogP contribution in [0.15, 0.2) is 24.3 Å². The van der Waals surface area contributed by atoms with Crippen LogP contribution < -0.4 is 0 Å². The summed E-state index contributed by atoms with van der Waals surface area (Å²) in [5.74, 6) is -5.38. The molecule has 0 aliphatic heterocycles. The Balaban J connectivity index is 2.80. The third kappa shape index (κ3) is 2.23. The van der Waals surface area contributed by atoms with Crippen molar-refractivity contribution in [3.8, 4) is 0 Å². The van der Waals surface area contributed by atoms with Crippen molar-refractivity contribution in [1.82, 2.24) is 0 Å². The van der Waals surface area contributed by atoms with Gasteiger partial charge < -0.3 is 5.11 Å². The molecule has 0 aromatic heterocycles. The number of aliphatic hydroxyl groups excluding tert-OH is 1. The first kappa shape index (κ1) is 16.5. The van der Waals surface area contributed by atoms with Crippen molar-refractivity contribution in [3.05, 3.63) is 76.9 Å². The first-order valence-electron chi connectivity index (χ1n) is 6.55. The van der Waals surface area contributed by atoms with Crippen molar-refractivity contribution in [2.24, 2.45) is 0 Å². The van der Waals surface area contributed by atoms with Crippen LogP contribution >= 0.6 is 0 Å². The summed E-state index contributed by atoms with van der Waals surface area (Å²) in [6.45, 7) is 3.40. The van der Waals surface area contributed by atoms with Crippen LogP contribution in [0.2, 0.25) is 0 Å². The Kier molecular flexibility index (Phi) is 3.87. The Hall–Kier alpha value is -2.88. The topological polar surface area (TPSA) is 150 Å². The Morgan fingerprint density at radius 1 is 0.913 bits per heavy atom. The average molecular weight is 323 g/mol. The van der Waals surface area contributed by atoms with Crippen LogP contribution in [-0.4, -0.2) is 25.7 Å². The molecule has 1 N–H and O–H groups in total. The second-order valence-electron chi connectivity index (χ2n) is 5.33. The van der Waals surface area contributed by atoms with E-state index in [1.165, 1.54) is 12.1 Å². The lowest BCUT2D eigenvalue weighted by atomic mass is 9.80. The van der Waals surface area contributed by atoms with Gasteiger partial charge in [0.2, 0.25) is 5.92 Å². The molecule has 0 saturated carbocycles. The van der Waals surface area contributed by atoms with Gasteiger partial charge in [0.25, 0.3) is 0 Å². The van der Waals surface area contributed by atoms with E-state index in [9.17, 15) is 35.4 Å². The maximum Gasteiger partial charge on any atom is 0.710 e. The highest BCUT2D eigenvalue weighted by Crippen LogP contribution is 2.42.